The van der Waals surface area contributed by atoms with Crippen molar-refractivity contribution in [2.75, 3.05) is 13.7 Å². The number of hydrogen-bond acceptors (Lipinski definition) is 5. The van der Waals surface area contributed by atoms with E-state index in [0.717, 1.165) is 23.3 Å². The zero-order valence-corrected chi connectivity index (χ0v) is 15.1. The van der Waals surface area contributed by atoms with E-state index >= 15 is 0 Å². The second-order valence-electron chi connectivity index (χ2n) is 7.19. The Morgan fingerprint density at radius 1 is 1.26 bits per heavy atom. The molecular weight excluding hydrogens is 346 g/mol. The fraction of sp³-hybridized carbons (Fsp3) is 0.381. The summed E-state index contributed by atoms with van der Waals surface area (Å²) in [6.07, 6.45) is 1.83. The van der Waals surface area contributed by atoms with Crippen molar-refractivity contribution in [3.63, 3.8) is 0 Å². The number of carbonyl (C=O) groups is 1. The summed E-state index contributed by atoms with van der Waals surface area (Å²) in [6.45, 7) is 0.678. The van der Waals surface area contributed by atoms with Gasteiger partial charge in [-0.15, -0.1) is 0 Å². The number of fused-ring (bicyclic) bond motifs is 1. The molecule has 0 aromatic heterocycles. The largest absolute Gasteiger partial charge is 0.507 e. The highest BCUT2D eigenvalue weighted by atomic mass is 16.5. The summed E-state index contributed by atoms with van der Waals surface area (Å²) in [5.74, 6) is 1.07. The van der Waals surface area contributed by atoms with Crippen molar-refractivity contribution in [2.45, 2.75) is 31.4 Å². The number of aliphatic hydroxyl groups is 1. The minimum absolute atomic E-state index is 0.124. The van der Waals surface area contributed by atoms with Crippen LogP contribution in [0.4, 0.5) is 0 Å². The summed E-state index contributed by atoms with van der Waals surface area (Å²) in [5.41, 5.74) is 2.33. The fourth-order valence-corrected chi connectivity index (χ4v) is 3.82. The average Bonchev–Trinajstić information content (AvgIpc) is 3.11. The molecule has 2 aliphatic rings. The lowest BCUT2D eigenvalue weighted by Gasteiger charge is -2.38. The van der Waals surface area contributed by atoms with Crippen molar-refractivity contribution in [3.05, 3.63) is 53.1 Å². The molecule has 0 spiro atoms. The molecule has 1 fully saturated rings. The second-order valence-corrected chi connectivity index (χ2v) is 7.19. The van der Waals surface area contributed by atoms with Gasteiger partial charge in [0.1, 0.15) is 17.2 Å². The lowest BCUT2D eigenvalue weighted by Crippen LogP contribution is -2.41. The molecule has 1 aliphatic heterocycles. The van der Waals surface area contributed by atoms with Crippen LogP contribution in [0.2, 0.25) is 0 Å². The van der Waals surface area contributed by atoms with Crippen LogP contribution in [0.1, 0.15) is 40.4 Å². The van der Waals surface area contributed by atoms with Crippen molar-refractivity contribution in [1.82, 2.24) is 5.32 Å². The van der Waals surface area contributed by atoms with Crippen molar-refractivity contribution >= 4 is 5.91 Å². The molecule has 3 N–H and O–H groups in total. The predicted octanol–water partition coefficient (Wildman–Crippen LogP) is 2.58. The number of ether oxygens (including phenoxy) is 2. The first-order valence-electron chi connectivity index (χ1n) is 9.16. The third-order valence-electron chi connectivity index (χ3n) is 5.43. The number of aliphatic hydroxyl groups excluding tert-OH is 1. The Bertz CT molecular complexity index is 860. The maximum absolute atomic E-state index is 12.8. The zero-order chi connectivity index (χ0) is 19.0. The van der Waals surface area contributed by atoms with E-state index in [4.69, 9.17) is 9.47 Å². The van der Waals surface area contributed by atoms with Crippen LogP contribution < -0.4 is 14.8 Å². The Morgan fingerprint density at radius 2 is 2.07 bits per heavy atom. The molecule has 27 heavy (non-hydrogen) atoms. The molecule has 2 aromatic rings. The number of nitrogens with one attached hydrogen (secondary N) is 1. The summed E-state index contributed by atoms with van der Waals surface area (Å²) >= 11 is 0. The van der Waals surface area contributed by atoms with Gasteiger partial charge >= 0.3 is 0 Å². The topological polar surface area (TPSA) is 88.0 Å². The highest BCUT2D eigenvalue weighted by Crippen LogP contribution is 2.40. The van der Waals surface area contributed by atoms with E-state index in [1.165, 1.54) is 13.2 Å². The number of phenolic OH excluding ortho intramolecular Hbond substituents is 1. The molecule has 0 radical (unpaired) electrons. The number of hydrogen-bond donors (Lipinski definition) is 3. The SMILES string of the molecule is COc1ccc(C(=O)N[C@H](c2ccc3c(c2)CCO3)C2CC(O)C2)c(O)c1. The molecule has 1 heterocycles. The van der Waals surface area contributed by atoms with E-state index in [9.17, 15) is 15.0 Å². The zero-order valence-electron chi connectivity index (χ0n) is 15.1. The van der Waals surface area contributed by atoms with Crippen molar-refractivity contribution < 1.29 is 24.5 Å². The molecule has 4 rings (SSSR count). The van der Waals surface area contributed by atoms with Gasteiger partial charge in [-0.25, -0.2) is 0 Å². The van der Waals surface area contributed by atoms with Gasteiger partial charge in [0.05, 0.1) is 31.4 Å². The minimum Gasteiger partial charge on any atom is -0.507 e. The van der Waals surface area contributed by atoms with E-state index in [-0.39, 0.29) is 35.3 Å². The smallest absolute Gasteiger partial charge is 0.255 e. The lowest BCUT2D eigenvalue weighted by molar-refractivity contribution is 0.0235. The molecule has 0 unspecified atom stereocenters. The Morgan fingerprint density at radius 3 is 2.78 bits per heavy atom. The number of aromatic hydroxyl groups is 1. The van der Waals surface area contributed by atoms with Gasteiger partial charge in [0.25, 0.3) is 5.91 Å². The number of carbonyl (C=O) groups excluding carboxylic acids is 1. The van der Waals surface area contributed by atoms with Crippen molar-refractivity contribution in [3.8, 4) is 17.2 Å². The van der Waals surface area contributed by atoms with Gasteiger partial charge in [0, 0.05) is 12.5 Å². The molecule has 0 bridgehead atoms. The quantitative estimate of drug-likeness (QED) is 0.754. The van der Waals surface area contributed by atoms with Crippen LogP contribution >= 0.6 is 0 Å². The van der Waals surface area contributed by atoms with Crippen LogP contribution in [0.25, 0.3) is 0 Å². The molecule has 1 amide bonds. The van der Waals surface area contributed by atoms with Crippen LogP contribution in [0, 0.1) is 5.92 Å². The first-order chi connectivity index (χ1) is 13.0. The molecule has 1 atom stereocenters. The first kappa shape index (κ1) is 17.7. The second kappa shape index (κ2) is 7.12. The molecule has 1 aliphatic carbocycles. The van der Waals surface area contributed by atoms with Crippen molar-refractivity contribution in [1.29, 1.82) is 0 Å². The van der Waals surface area contributed by atoms with Gasteiger partial charge in [-0.3, -0.25) is 4.79 Å². The molecule has 6 heteroatoms. The lowest BCUT2D eigenvalue weighted by atomic mass is 9.74. The highest BCUT2D eigenvalue weighted by Gasteiger charge is 2.36. The molecule has 6 nitrogen and oxygen atoms in total. The monoisotopic (exact) mass is 369 g/mol. The van der Waals surface area contributed by atoms with Gasteiger partial charge in [-0.1, -0.05) is 6.07 Å². The van der Waals surface area contributed by atoms with Crippen LogP contribution in [0.5, 0.6) is 17.2 Å². The average molecular weight is 369 g/mol. The van der Waals surface area contributed by atoms with E-state index < -0.39 is 0 Å². The van der Waals surface area contributed by atoms with Crippen LogP contribution in [-0.2, 0) is 6.42 Å². The third-order valence-corrected chi connectivity index (χ3v) is 5.43. The molecule has 0 saturated heterocycles. The van der Waals surface area contributed by atoms with Crippen LogP contribution in [0.3, 0.4) is 0 Å². The van der Waals surface area contributed by atoms with Gasteiger partial charge in [0.15, 0.2) is 0 Å². The number of methoxy groups -OCH3 is 1. The van der Waals surface area contributed by atoms with Crippen LogP contribution in [0.15, 0.2) is 36.4 Å². The molecular formula is C21H23NO5. The summed E-state index contributed by atoms with van der Waals surface area (Å²) in [5, 5.41) is 22.9. The Balaban J connectivity index is 1.59. The summed E-state index contributed by atoms with van der Waals surface area (Å²) in [6, 6.07) is 10.4. The van der Waals surface area contributed by atoms with E-state index in [0.29, 0.717) is 25.2 Å². The number of phenols is 1. The summed E-state index contributed by atoms with van der Waals surface area (Å²) < 4.78 is 10.6. The Hall–Kier alpha value is -2.73. The van der Waals surface area contributed by atoms with E-state index in [2.05, 4.69) is 11.4 Å². The van der Waals surface area contributed by atoms with Gasteiger partial charge in [-0.05, 0) is 54.2 Å². The minimum atomic E-state index is -0.349. The maximum Gasteiger partial charge on any atom is 0.255 e. The third kappa shape index (κ3) is 3.45. The summed E-state index contributed by atoms with van der Waals surface area (Å²) in [7, 11) is 1.50. The van der Waals surface area contributed by atoms with Gasteiger partial charge in [0.2, 0.25) is 0 Å². The number of benzene rings is 2. The maximum atomic E-state index is 12.8. The fourth-order valence-electron chi connectivity index (χ4n) is 3.82. The molecule has 2 aromatic carbocycles. The van der Waals surface area contributed by atoms with Gasteiger partial charge < -0.3 is 25.0 Å². The first-order valence-corrected chi connectivity index (χ1v) is 9.16. The van der Waals surface area contributed by atoms with E-state index in [1.807, 2.05) is 12.1 Å². The standard InChI is InChI=1S/C21H23NO5/c1-26-16-3-4-17(18(24)11-16)21(25)22-20(14-9-15(23)10-14)13-2-5-19-12(8-13)6-7-27-19/h2-5,8,11,14-15,20,23-24H,6-7,9-10H2,1H3,(H,22,25)/t14?,15?,20-/m1/s1. The van der Waals surface area contributed by atoms with Crippen molar-refractivity contribution in [2.24, 2.45) is 5.92 Å². The number of rotatable bonds is 5. The Kier molecular flexibility index (Phi) is 4.66. The Labute approximate surface area is 157 Å². The molecule has 142 valence electrons. The molecule has 1 saturated carbocycles. The normalized spacial score (nSPS) is 21.6. The van der Waals surface area contributed by atoms with Crippen LogP contribution in [-0.4, -0.2) is 35.9 Å². The summed E-state index contributed by atoms with van der Waals surface area (Å²) in [4.78, 5) is 12.8. The highest BCUT2D eigenvalue weighted by molar-refractivity contribution is 5.97. The van der Waals surface area contributed by atoms with E-state index in [1.54, 1.807) is 12.1 Å². The number of amides is 1. The van der Waals surface area contributed by atoms with Gasteiger partial charge in [-0.2, -0.15) is 0 Å². The predicted molar refractivity (Wildman–Crippen MR) is 99.2 cm³/mol.